The first-order valence-electron chi connectivity index (χ1n) is 6.53. The van der Waals surface area contributed by atoms with Gasteiger partial charge in [0.2, 0.25) is 0 Å². The molecule has 0 aliphatic heterocycles. The molecule has 0 heterocycles. The van der Waals surface area contributed by atoms with Crippen molar-refractivity contribution in [1.29, 1.82) is 0 Å². The van der Waals surface area contributed by atoms with Crippen molar-refractivity contribution in [2.45, 2.75) is 19.4 Å². The van der Waals surface area contributed by atoms with Gasteiger partial charge in [-0.25, -0.2) is 8.78 Å². The Hall–Kier alpha value is -1.45. The molecule has 0 saturated carbocycles. The summed E-state index contributed by atoms with van der Waals surface area (Å²) < 4.78 is 26.7. The molecule has 1 nitrogen and oxygen atoms in total. The number of hydrogen-bond acceptors (Lipinski definition) is 1. The highest BCUT2D eigenvalue weighted by Crippen LogP contribution is 2.26. The monoisotopic (exact) mass is 295 g/mol. The van der Waals surface area contributed by atoms with Gasteiger partial charge in [-0.05, 0) is 36.2 Å². The van der Waals surface area contributed by atoms with Gasteiger partial charge in [0.1, 0.15) is 11.6 Å². The van der Waals surface area contributed by atoms with Crippen molar-refractivity contribution in [1.82, 2.24) is 5.32 Å². The smallest absolute Gasteiger partial charge is 0.129 e. The van der Waals surface area contributed by atoms with E-state index in [2.05, 4.69) is 5.32 Å². The minimum absolute atomic E-state index is 0.103. The van der Waals surface area contributed by atoms with Gasteiger partial charge in [0.25, 0.3) is 0 Å². The van der Waals surface area contributed by atoms with Crippen molar-refractivity contribution in [3.8, 4) is 0 Å². The fraction of sp³-hybridized carbons (Fsp3) is 0.250. The van der Waals surface area contributed by atoms with E-state index in [1.54, 1.807) is 0 Å². The van der Waals surface area contributed by atoms with E-state index in [0.29, 0.717) is 17.0 Å². The molecule has 0 saturated heterocycles. The van der Waals surface area contributed by atoms with Crippen LogP contribution >= 0.6 is 11.6 Å². The Morgan fingerprint density at radius 2 is 1.90 bits per heavy atom. The van der Waals surface area contributed by atoms with Crippen LogP contribution in [0.15, 0.2) is 42.5 Å². The van der Waals surface area contributed by atoms with E-state index in [1.807, 2.05) is 31.2 Å². The fourth-order valence-electron chi connectivity index (χ4n) is 2.20. The summed E-state index contributed by atoms with van der Waals surface area (Å²) in [6.45, 7) is 2.71. The molecule has 2 rings (SSSR count). The molecule has 4 heteroatoms. The van der Waals surface area contributed by atoms with Crippen molar-refractivity contribution >= 4 is 11.6 Å². The fourth-order valence-corrected chi connectivity index (χ4v) is 2.47. The van der Waals surface area contributed by atoms with Crippen LogP contribution in [0.25, 0.3) is 0 Å². The Balaban J connectivity index is 2.28. The average molecular weight is 296 g/mol. The topological polar surface area (TPSA) is 12.0 Å². The van der Waals surface area contributed by atoms with Gasteiger partial charge >= 0.3 is 0 Å². The van der Waals surface area contributed by atoms with Crippen LogP contribution < -0.4 is 5.32 Å². The van der Waals surface area contributed by atoms with Crippen molar-refractivity contribution in [2.24, 2.45) is 0 Å². The van der Waals surface area contributed by atoms with Crippen molar-refractivity contribution in [3.05, 3.63) is 70.2 Å². The number of hydrogen-bond donors (Lipinski definition) is 1. The lowest BCUT2D eigenvalue weighted by molar-refractivity contribution is 0.521. The molecule has 0 aliphatic carbocycles. The molecule has 1 unspecified atom stereocenters. The summed E-state index contributed by atoms with van der Waals surface area (Å²) >= 11 is 6.19. The molecule has 0 radical (unpaired) electrons. The Morgan fingerprint density at radius 3 is 2.55 bits per heavy atom. The second-order valence-corrected chi connectivity index (χ2v) is 4.98. The maximum Gasteiger partial charge on any atom is 0.129 e. The van der Waals surface area contributed by atoms with Crippen molar-refractivity contribution in [2.75, 3.05) is 6.54 Å². The summed E-state index contributed by atoms with van der Waals surface area (Å²) in [5.74, 6) is -1.09. The first-order valence-corrected chi connectivity index (χ1v) is 6.91. The minimum Gasteiger partial charge on any atom is -0.310 e. The first-order chi connectivity index (χ1) is 9.61. The van der Waals surface area contributed by atoms with Gasteiger partial charge < -0.3 is 5.32 Å². The average Bonchev–Trinajstić information content (AvgIpc) is 2.42. The number of likely N-dealkylation sites (N-methyl/N-ethyl adjacent to an activating group) is 1. The molecule has 2 aromatic rings. The van der Waals surface area contributed by atoms with Gasteiger partial charge in [0.15, 0.2) is 0 Å². The quantitative estimate of drug-likeness (QED) is 0.855. The number of halogens is 3. The lowest BCUT2D eigenvalue weighted by Crippen LogP contribution is -2.23. The lowest BCUT2D eigenvalue weighted by Gasteiger charge is -2.20. The van der Waals surface area contributed by atoms with E-state index in [0.717, 1.165) is 18.2 Å². The molecule has 1 atom stereocenters. The summed E-state index contributed by atoms with van der Waals surface area (Å²) in [4.78, 5) is 0. The molecule has 0 bridgehead atoms. The van der Waals surface area contributed by atoms with Crippen LogP contribution in [0.1, 0.15) is 24.1 Å². The van der Waals surface area contributed by atoms with Crippen LogP contribution in [-0.4, -0.2) is 6.54 Å². The van der Waals surface area contributed by atoms with Crippen molar-refractivity contribution < 1.29 is 8.78 Å². The second kappa shape index (κ2) is 6.82. The van der Waals surface area contributed by atoms with E-state index in [4.69, 9.17) is 11.6 Å². The molecule has 2 aromatic carbocycles. The molecule has 0 aliphatic rings. The Labute approximate surface area is 122 Å². The third kappa shape index (κ3) is 3.56. The van der Waals surface area contributed by atoms with Gasteiger partial charge in [-0.1, -0.05) is 42.8 Å². The van der Waals surface area contributed by atoms with Gasteiger partial charge in [0.05, 0.1) is 0 Å². The molecule has 20 heavy (non-hydrogen) atoms. The summed E-state index contributed by atoms with van der Waals surface area (Å²) in [5, 5.41) is 3.92. The Kier molecular flexibility index (Phi) is 5.10. The highest BCUT2D eigenvalue weighted by atomic mass is 35.5. The molecular weight excluding hydrogens is 280 g/mol. The maximum absolute atomic E-state index is 13.8. The van der Waals surface area contributed by atoms with Crippen LogP contribution in [0.2, 0.25) is 5.02 Å². The highest BCUT2D eigenvalue weighted by Gasteiger charge is 2.16. The van der Waals surface area contributed by atoms with Crippen LogP contribution in [0.5, 0.6) is 0 Å². The Bertz CT molecular complexity index is 586. The molecule has 0 spiro atoms. The summed E-state index contributed by atoms with van der Waals surface area (Å²) in [5.41, 5.74) is 1.39. The summed E-state index contributed by atoms with van der Waals surface area (Å²) in [6.07, 6.45) is 0.420. The van der Waals surface area contributed by atoms with E-state index in [9.17, 15) is 8.78 Å². The number of nitrogens with one attached hydrogen (secondary N) is 1. The van der Waals surface area contributed by atoms with Crippen LogP contribution in [0, 0.1) is 11.6 Å². The van der Waals surface area contributed by atoms with Crippen LogP contribution in [0.4, 0.5) is 8.78 Å². The van der Waals surface area contributed by atoms with Gasteiger partial charge in [-0.15, -0.1) is 0 Å². The van der Waals surface area contributed by atoms with Gasteiger partial charge in [-0.3, -0.25) is 0 Å². The predicted molar refractivity (Wildman–Crippen MR) is 77.9 cm³/mol. The molecular formula is C16H16ClF2N. The van der Waals surface area contributed by atoms with E-state index in [1.165, 1.54) is 12.1 Å². The first kappa shape index (κ1) is 14.9. The third-order valence-electron chi connectivity index (χ3n) is 3.17. The van der Waals surface area contributed by atoms with E-state index < -0.39 is 11.6 Å². The Morgan fingerprint density at radius 1 is 1.15 bits per heavy atom. The zero-order valence-corrected chi connectivity index (χ0v) is 11.9. The SMILES string of the molecule is CCNC(Cc1ccc(F)cc1F)c1ccccc1Cl. The molecule has 0 amide bonds. The standard InChI is InChI=1S/C16H16ClF2N/c1-2-20-16(13-5-3-4-6-14(13)17)9-11-7-8-12(18)10-15(11)19/h3-8,10,16,20H,2,9H2,1H3. The largest absolute Gasteiger partial charge is 0.310 e. The van der Waals surface area contributed by atoms with Gasteiger partial charge in [0, 0.05) is 17.1 Å². The van der Waals surface area contributed by atoms with Gasteiger partial charge in [-0.2, -0.15) is 0 Å². The normalized spacial score (nSPS) is 12.4. The summed E-state index contributed by atoms with van der Waals surface area (Å²) in [6, 6.07) is 11.0. The lowest BCUT2D eigenvalue weighted by atomic mass is 9.98. The minimum atomic E-state index is -0.566. The maximum atomic E-state index is 13.8. The van der Waals surface area contributed by atoms with E-state index in [-0.39, 0.29) is 6.04 Å². The van der Waals surface area contributed by atoms with Crippen molar-refractivity contribution in [3.63, 3.8) is 0 Å². The van der Waals surface area contributed by atoms with Crippen LogP contribution in [0.3, 0.4) is 0 Å². The molecule has 0 aromatic heterocycles. The number of benzene rings is 2. The second-order valence-electron chi connectivity index (χ2n) is 4.57. The number of rotatable bonds is 5. The summed E-state index contributed by atoms with van der Waals surface area (Å²) in [7, 11) is 0. The molecule has 0 fully saturated rings. The molecule has 1 N–H and O–H groups in total. The zero-order valence-electron chi connectivity index (χ0n) is 11.2. The predicted octanol–water partition coefficient (Wildman–Crippen LogP) is 4.51. The molecule has 106 valence electrons. The zero-order chi connectivity index (χ0) is 14.5. The highest BCUT2D eigenvalue weighted by molar-refractivity contribution is 6.31. The third-order valence-corrected chi connectivity index (χ3v) is 3.51. The van der Waals surface area contributed by atoms with E-state index >= 15 is 0 Å². The van der Waals surface area contributed by atoms with Crippen LogP contribution in [-0.2, 0) is 6.42 Å².